The van der Waals surface area contributed by atoms with Crippen molar-refractivity contribution in [3.63, 3.8) is 0 Å². The zero-order chi connectivity index (χ0) is 8.15. The fourth-order valence-electron chi connectivity index (χ4n) is 0.500. The maximum absolute atomic E-state index is 9.05. The van der Waals surface area contributed by atoms with E-state index in [1.807, 2.05) is 0 Å². The summed E-state index contributed by atoms with van der Waals surface area (Å²) < 4.78 is 4.63. The van der Waals surface area contributed by atoms with Gasteiger partial charge in [0.05, 0.1) is 12.7 Å². The molecular formula is C5H11IO4. The molecule has 0 aromatic rings. The van der Waals surface area contributed by atoms with Gasteiger partial charge in [-0.3, -0.25) is 0 Å². The van der Waals surface area contributed by atoms with Crippen molar-refractivity contribution in [1.82, 2.24) is 0 Å². The van der Waals surface area contributed by atoms with Crippen molar-refractivity contribution in [2.24, 2.45) is 0 Å². The van der Waals surface area contributed by atoms with Crippen molar-refractivity contribution in [3.05, 3.63) is 0 Å². The summed E-state index contributed by atoms with van der Waals surface area (Å²) >= 11 is 1.57. The number of rotatable bonds is 4. The summed E-state index contributed by atoms with van der Waals surface area (Å²) in [5.41, 5.74) is 0. The van der Waals surface area contributed by atoms with Crippen LogP contribution in [0.2, 0.25) is 0 Å². The van der Waals surface area contributed by atoms with Crippen molar-refractivity contribution in [3.8, 4) is 0 Å². The van der Waals surface area contributed by atoms with E-state index in [9.17, 15) is 0 Å². The van der Waals surface area contributed by atoms with Crippen LogP contribution in [0, 0.1) is 0 Å². The molecule has 3 atom stereocenters. The Hall–Kier alpha value is 0.570. The molecule has 0 fully saturated rings. The molecule has 0 aliphatic rings. The monoisotopic (exact) mass is 262 g/mol. The van der Waals surface area contributed by atoms with E-state index in [1.54, 1.807) is 23.0 Å². The maximum atomic E-state index is 9.05. The van der Waals surface area contributed by atoms with E-state index >= 15 is 0 Å². The fourth-order valence-corrected chi connectivity index (χ4v) is 0.961. The van der Waals surface area contributed by atoms with Gasteiger partial charge in [0, 0.05) is 0 Å². The molecule has 0 radical (unpaired) electrons. The quantitative estimate of drug-likeness (QED) is 0.595. The van der Waals surface area contributed by atoms with E-state index in [-0.39, 0.29) is 6.61 Å². The molecule has 0 aliphatic carbocycles. The minimum Gasteiger partial charge on any atom is -0.394 e. The Morgan fingerprint density at radius 1 is 1.50 bits per heavy atom. The molecule has 0 aromatic heterocycles. The van der Waals surface area contributed by atoms with Crippen LogP contribution in [-0.4, -0.2) is 40.2 Å². The lowest BCUT2D eigenvalue weighted by atomic mass is 10.1. The molecule has 3 N–H and O–H groups in total. The summed E-state index contributed by atoms with van der Waals surface area (Å²) in [6, 6.07) is 0. The van der Waals surface area contributed by atoms with Gasteiger partial charge in [-0.1, -0.05) is 0 Å². The Morgan fingerprint density at radius 2 is 2.00 bits per heavy atom. The van der Waals surface area contributed by atoms with Crippen LogP contribution in [0.4, 0.5) is 0 Å². The zero-order valence-corrected chi connectivity index (χ0v) is 7.72. The second kappa shape index (κ2) is 5.25. The normalized spacial score (nSPS) is 20.1. The molecule has 0 aromatic carbocycles. The van der Waals surface area contributed by atoms with Crippen molar-refractivity contribution >= 4 is 23.0 Å². The molecule has 0 amide bonds. The van der Waals surface area contributed by atoms with Gasteiger partial charge in [0.25, 0.3) is 0 Å². The van der Waals surface area contributed by atoms with Crippen LogP contribution < -0.4 is 0 Å². The predicted octanol–water partition coefficient (Wildman–Crippen LogP) is -0.544. The lowest BCUT2D eigenvalue weighted by Gasteiger charge is -2.19. The molecule has 10 heavy (non-hydrogen) atoms. The van der Waals surface area contributed by atoms with Gasteiger partial charge >= 0.3 is 0 Å². The van der Waals surface area contributed by atoms with Gasteiger partial charge in [0.2, 0.25) is 0 Å². The highest BCUT2D eigenvalue weighted by atomic mass is 127. The predicted molar refractivity (Wildman–Crippen MR) is 43.7 cm³/mol. The Bertz CT molecular complexity index is 83.7. The van der Waals surface area contributed by atoms with Crippen LogP contribution in [0.25, 0.3) is 0 Å². The highest BCUT2D eigenvalue weighted by Gasteiger charge is 2.22. The molecule has 0 bridgehead atoms. The number of hydrogen-bond donors (Lipinski definition) is 3. The fraction of sp³-hybridized carbons (Fsp3) is 1.00. The maximum Gasteiger partial charge on any atom is 0.121 e. The zero-order valence-electron chi connectivity index (χ0n) is 5.57. The molecule has 4 nitrogen and oxygen atoms in total. The largest absolute Gasteiger partial charge is 0.394 e. The van der Waals surface area contributed by atoms with Crippen LogP contribution in [0.1, 0.15) is 6.92 Å². The van der Waals surface area contributed by atoms with E-state index < -0.39 is 18.3 Å². The molecule has 0 saturated carbocycles. The summed E-state index contributed by atoms with van der Waals surface area (Å²) in [5, 5.41) is 26.4. The molecule has 5 heteroatoms. The van der Waals surface area contributed by atoms with Crippen LogP contribution in [-0.2, 0) is 3.07 Å². The van der Waals surface area contributed by atoms with E-state index in [1.165, 1.54) is 6.92 Å². The van der Waals surface area contributed by atoms with Gasteiger partial charge in [-0.2, -0.15) is 0 Å². The van der Waals surface area contributed by atoms with Gasteiger partial charge in [0.1, 0.15) is 35.2 Å². The van der Waals surface area contributed by atoms with E-state index in [2.05, 4.69) is 3.07 Å². The second-order valence-electron chi connectivity index (χ2n) is 2.04. The van der Waals surface area contributed by atoms with Gasteiger partial charge in [-0.15, -0.1) is 0 Å². The summed E-state index contributed by atoms with van der Waals surface area (Å²) in [4.78, 5) is 0. The number of aliphatic hydroxyl groups excluding tert-OH is 3. The molecule has 62 valence electrons. The number of halogens is 1. The lowest BCUT2D eigenvalue weighted by molar-refractivity contribution is -0.0447. The van der Waals surface area contributed by atoms with Crippen molar-refractivity contribution in [2.45, 2.75) is 25.2 Å². The van der Waals surface area contributed by atoms with Crippen LogP contribution >= 0.6 is 23.0 Å². The van der Waals surface area contributed by atoms with Crippen LogP contribution in [0.3, 0.4) is 0 Å². The highest BCUT2D eigenvalue weighted by molar-refractivity contribution is 14.1. The SMILES string of the molecule is C[C@H](O)[C@H](O)C(CO)OI. The third-order valence-corrected chi connectivity index (χ3v) is 1.82. The highest BCUT2D eigenvalue weighted by Crippen LogP contribution is 2.06. The smallest absolute Gasteiger partial charge is 0.121 e. The van der Waals surface area contributed by atoms with Gasteiger partial charge in [-0.05, 0) is 6.92 Å². The molecule has 0 aliphatic heterocycles. The van der Waals surface area contributed by atoms with Crippen molar-refractivity contribution in [2.75, 3.05) is 6.61 Å². The lowest BCUT2D eigenvalue weighted by Crippen LogP contribution is -2.38. The summed E-state index contributed by atoms with van der Waals surface area (Å²) in [6.45, 7) is 1.14. The van der Waals surface area contributed by atoms with E-state index in [0.29, 0.717) is 0 Å². The molecule has 0 saturated heterocycles. The number of hydrogen-bond acceptors (Lipinski definition) is 4. The first-order chi connectivity index (χ1) is 4.63. The first-order valence-electron chi connectivity index (χ1n) is 2.87. The number of aliphatic hydroxyl groups is 3. The topological polar surface area (TPSA) is 69.9 Å². The molecule has 1 unspecified atom stereocenters. The average molecular weight is 262 g/mol. The van der Waals surface area contributed by atoms with Gasteiger partial charge in [0.15, 0.2) is 0 Å². The first-order valence-corrected chi connectivity index (χ1v) is 3.76. The summed E-state index contributed by atoms with van der Waals surface area (Å²) in [7, 11) is 0. The van der Waals surface area contributed by atoms with Gasteiger partial charge in [-0.25, -0.2) is 0 Å². The Balaban J connectivity index is 3.76. The molecule has 0 heterocycles. The minimum absolute atomic E-state index is 0.297. The third-order valence-electron chi connectivity index (χ3n) is 1.17. The van der Waals surface area contributed by atoms with E-state index in [0.717, 1.165) is 0 Å². The first kappa shape index (κ1) is 10.6. The summed E-state index contributed by atoms with van der Waals surface area (Å²) in [5.74, 6) is 0. The Morgan fingerprint density at radius 3 is 2.10 bits per heavy atom. The summed E-state index contributed by atoms with van der Waals surface area (Å²) in [6.07, 6.45) is -2.62. The Labute approximate surface area is 73.5 Å². The van der Waals surface area contributed by atoms with Gasteiger partial charge < -0.3 is 18.4 Å². The molecule has 0 rings (SSSR count). The average Bonchev–Trinajstić information content (AvgIpc) is 1.90. The third kappa shape index (κ3) is 3.11. The minimum atomic E-state index is -1.03. The molecule has 0 spiro atoms. The Kier molecular flexibility index (Phi) is 5.55. The van der Waals surface area contributed by atoms with Crippen LogP contribution in [0.15, 0.2) is 0 Å². The standard InChI is InChI=1S/C5H11IO4/c1-3(8)5(9)4(2-7)10-6/h3-5,7-9H,2H2,1H3/t3-,4?,5-/m0/s1. The van der Waals surface area contributed by atoms with E-state index in [4.69, 9.17) is 15.3 Å². The van der Waals surface area contributed by atoms with Crippen molar-refractivity contribution < 1.29 is 18.4 Å². The van der Waals surface area contributed by atoms with Crippen LogP contribution in [0.5, 0.6) is 0 Å². The van der Waals surface area contributed by atoms with Crippen molar-refractivity contribution in [1.29, 1.82) is 0 Å². The molecular weight excluding hydrogens is 251 g/mol. The second-order valence-corrected chi connectivity index (χ2v) is 2.55.